The lowest BCUT2D eigenvalue weighted by Gasteiger charge is -2.21. The molecule has 2 aliphatic rings. The molecular weight excluding hydrogens is 685 g/mol. The van der Waals surface area contributed by atoms with E-state index >= 15 is 0 Å². The van der Waals surface area contributed by atoms with Gasteiger partial charge in [-0.25, -0.2) is 9.97 Å². The number of hydrogen-bond donors (Lipinski definition) is 5. The summed E-state index contributed by atoms with van der Waals surface area (Å²) in [5, 5.41) is 29.7. The zero-order valence-electron chi connectivity index (χ0n) is 21.8. The van der Waals surface area contributed by atoms with Crippen molar-refractivity contribution in [1.29, 1.82) is 5.41 Å². The summed E-state index contributed by atoms with van der Waals surface area (Å²) in [5.74, 6) is 1.17. The number of hydrogen-bond acceptors (Lipinski definition) is 12. The lowest BCUT2D eigenvalue weighted by atomic mass is 10.2. The molecule has 0 aliphatic carbocycles. The van der Waals surface area contributed by atoms with Crippen molar-refractivity contribution >= 4 is 96.5 Å². The Morgan fingerprint density at radius 2 is 2.23 bits per heavy atom. The standard InChI is InChI=1S/C24H28IN9O3S3/c1-12-7-16(33(2)17(35)8-25)30-14-4-6-34(19(12)14)23(37)15-10-29-24(39-15)31-22-18(21(36)32-40-22)20(26)28-5-3-13-9-27-11-38-13/h7,10,13,27H,3-6,8-9,11H2,1-2H3,(H2,26,28)(H,29,31)(H,32,36). The van der Waals surface area contributed by atoms with E-state index in [1.54, 1.807) is 11.9 Å². The Balaban J connectivity index is 1.26. The number of fused-ring (bicyclic) bond motifs is 1. The van der Waals surface area contributed by atoms with Gasteiger partial charge in [0.25, 0.3) is 5.91 Å². The Kier molecular flexibility index (Phi) is 9.08. The van der Waals surface area contributed by atoms with E-state index in [4.69, 9.17) is 5.41 Å². The SMILES string of the molecule is Cc1cc(N(C)C(=O)CI)nc2c1N(C(=O)c1cnc(Nc3snc(O)c3C(=N)NCCC3CNCS3)s1)CC2. The van der Waals surface area contributed by atoms with Gasteiger partial charge in [0.05, 0.1) is 22.0 Å². The number of rotatable bonds is 9. The van der Waals surface area contributed by atoms with E-state index in [-0.39, 0.29) is 29.1 Å². The molecule has 1 unspecified atom stereocenters. The lowest BCUT2D eigenvalue weighted by Crippen LogP contribution is -2.29. The molecule has 1 atom stereocenters. The summed E-state index contributed by atoms with van der Waals surface area (Å²) in [5.41, 5.74) is 2.72. The maximum absolute atomic E-state index is 13.5. The quantitative estimate of drug-likeness (QED) is 0.0965. The van der Waals surface area contributed by atoms with Crippen LogP contribution in [0.25, 0.3) is 0 Å². The smallest absolute Gasteiger partial charge is 0.270 e. The first-order valence-corrected chi connectivity index (χ1v) is 16.6. The lowest BCUT2D eigenvalue weighted by molar-refractivity contribution is -0.115. The van der Waals surface area contributed by atoms with Gasteiger partial charge in [-0.2, -0.15) is 4.37 Å². The van der Waals surface area contributed by atoms with Crippen molar-refractivity contribution in [3.8, 4) is 5.88 Å². The van der Waals surface area contributed by atoms with Gasteiger partial charge in [0.2, 0.25) is 11.8 Å². The minimum atomic E-state index is -0.225. The first-order valence-electron chi connectivity index (χ1n) is 12.5. The van der Waals surface area contributed by atoms with Crippen LogP contribution < -0.4 is 25.8 Å². The number of thioether (sulfide) groups is 1. The third kappa shape index (κ3) is 6.05. The summed E-state index contributed by atoms with van der Waals surface area (Å²) in [6.45, 7) is 3.98. The summed E-state index contributed by atoms with van der Waals surface area (Å²) in [6, 6.07) is 1.83. The minimum Gasteiger partial charge on any atom is -0.492 e. The van der Waals surface area contributed by atoms with Crippen LogP contribution in [0.3, 0.4) is 0 Å². The number of thiazole rings is 1. The second-order valence-electron chi connectivity index (χ2n) is 9.23. The van der Waals surface area contributed by atoms with E-state index in [0.717, 1.165) is 47.3 Å². The Hall–Kier alpha value is -2.54. The molecule has 1 saturated heterocycles. The molecule has 0 spiro atoms. The number of pyridine rings is 1. The molecule has 0 bridgehead atoms. The molecule has 5 heterocycles. The van der Waals surface area contributed by atoms with Crippen molar-refractivity contribution in [2.75, 3.05) is 52.1 Å². The van der Waals surface area contributed by atoms with E-state index in [1.807, 2.05) is 47.3 Å². The van der Waals surface area contributed by atoms with Crippen molar-refractivity contribution in [2.45, 2.75) is 25.0 Å². The van der Waals surface area contributed by atoms with Crippen LogP contribution in [-0.2, 0) is 11.2 Å². The second kappa shape index (κ2) is 12.5. The van der Waals surface area contributed by atoms with Crippen molar-refractivity contribution in [3.05, 3.63) is 34.0 Å². The fourth-order valence-corrected chi connectivity index (χ4v) is 7.55. The highest BCUT2D eigenvalue weighted by Gasteiger charge is 2.31. The van der Waals surface area contributed by atoms with Gasteiger partial charge in [-0.15, -0.1) is 11.8 Å². The van der Waals surface area contributed by atoms with Crippen LogP contribution in [0.2, 0.25) is 0 Å². The molecule has 5 rings (SSSR count). The second-order valence-corrected chi connectivity index (χ2v) is 13.1. The average Bonchev–Trinajstić information content (AvgIpc) is 3.75. The molecule has 0 saturated carbocycles. The number of amidine groups is 1. The number of aromatic nitrogens is 3. The van der Waals surface area contributed by atoms with Gasteiger partial charge < -0.3 is 26.0 Å². The molecule has 2 aliphatic heterocycles. The highest BCUT2D eigenvalue weighted by Crippen LogP contribution is 2.37. The number of aryl methyl sites for hydroxylation is 1. The number of alkyl halides is 1. The van der Waals surface area contributed by atoms with E-state index in [9.17, 15) is 14.7 Å². The largest absolute Gasteiger partial charge is 0.492 e. The van der Waals surface area contributed by atoms with Crippen LogP contribution in [0.4, 0.5) is 21.6 Å². The first-order chi connectivity index (χ1) is 19.3. The Morgan fingerprint density at radius 1 is 1.40 bits per heavy atom. The Morgan fingerprint density at radius 3 is 2.98 bits per heavy atom. The van der Waals surface area contributed by atoms with Gasteiger partial charge in [-0.1, -0.05) is 33.9 Å². The van der Waals surface area contributed by atoms with Gasteiger partial charge in [-0.05, 0) is 36.5 Å². The molecule has 12 nitrogen and oxygen atoms in total. The predicted molar refractivity (Wildman–Crippen MR) is 170 cm³/mol. The van der Waals surface area contributed by atoms with Crippen molar-refractivity contribution in [3.63, 3.8) is 0 Å². The molecule has 5 N–H and O–H groups in total. The zero-order chi connectivity index (χ0) is 28.4. The normalized spacial score (nSPS) is 16.2. The third-order valence-corrected chi connectivity index (χ3v) is 10.1. The monoisotopic (exact) mass is 713 g/mol. The van der Waals surface area contributed by atoms with Crippen molar-refractivity contribution in [2.24, 2.45) is 0 Å². The van der Waals surface area contributed by atoms with Crippen molar-refractivity contribution in [1.82, 2.24) is 25.0 Å². The number of aromatic hydroxyl groups is 1. The van der Waals surface area contributed by atoms with E-state index in [0.29, 0.717) is 50.0 Å². The summed E-state index contributed by atoms with van der Waals surface area (Å²) in [7, 11) is 1.71. The van der Waals surface area contributed by atoms with Gasteiger partial charge >= 0.3 is 0 Å². The highest BCUT2D eigenvalue weighted by atomic mass is 127. The molecule has 2 amide bonds. The van der Waals surface area contributed by atoms with E-state index in [2.05, 4.69) is 30.3 Å². The number of halogens is 1. The summed E-state index contributed by atoms with van der Waals surface area (Å²) < 4.78 is 4.36. The van der Waals surface area contributed by atoms with Gasteiger partial charge in [0.1, 0.15) is 27.1 Å². The number of carbonyl (C=O) groups is 2. The maximum Gasteiger partial charge on any atom is 0.270 e. The Bertz CT molecular complexity index is 1440. The van der Waals surface area contributed by atoms with Crippen LogP contribution in [0, 0.1) is 12.3 Å². The van der Waals surface area contributed by atoms with E-state index in [1.165, 1.54) is 22.4 Å². The van der Waals surface area contributed by atoms with Crippen LogP contribution in [0.5, 0.6) is 5.88 Å². The molecule has 3 aromatic rings. The Labute approximate surface area is 257 Å². The fraction of sp³-hybridized carbons (Fsp3) is 0.417. The van der Waals surface area contributed by atoms with Gasteiger partial charge in [0.15, 0.2) is 5.13 Å². The first kappa shape index (κ1) is 29.0. The molecule has 0 radical (unpaired) electrons. The molecule has 40 heavy (non-hydrogen) atoms. The molecule has 16 heteroatoms. The van der Waals surface area contributed by atoms with Gasteiger partial charge in [-0.3, -0.25) is 19.9 Å². The molecule has 212 valence electrons. The van der Waals surface area contributed by atoms with Crippen molar-refractivity contribution < 1.29 is 14.7 Å². The summed E-state index contributed by atoms with van der Waals surface area (Å²) in [4.78, 5) is 38.4. The molecule has 1 fully saturated rings. The van der Waals surface area contributed by atoms with Gasteiger partial charge in [0, 0.05) is 44.2 Å². The minimum absolute atomic E-state index is 0.0351. The highest BCUT2D eigenvalue weighted by molar-refractivity contribution is 14.1. The summed E-state index contributed by atoms with van der Waals surface area (Å²) in [6.07, 6.45) is 3.03. The van der Waals surface area contributed by atoms with Crippen LogP contribution in [0.1, 0.15) is 32.9 Å². The molecular formula is C24H28IN9O3S3. The summed E-state index contributed by atoms with van der Waals surface area (Å²) >= 11 is 6.12. The number of amides is 2. The fourth-order valence-electron chi connectivity index (χ4n) is 4.52. The third-order valence-electron chi connectivity index (χ3n) is 6.58. The topological polar surface area (TPSA) is 159 Å². The van der Waals surface area contributed by atoms with Crippen LogP contribution >= 0.6 is 57.2 Å². The van der Waals surface area contributed by atoms with Crippen LogP contribution in [-0.4, -0.2) is 79.3 Å². The maximum atomic E-state index is 13.5. The zero-order valence-corrected chi connectivity index (χ0v) is 26.4. The van der Waals surface area contributed by atoms with Crippen LogP contribution in [0.15, 0.2) is 12.3 Å². The molecule has 0 aromatic carbocycles. The number of nitrogens with one attached hydrogen (secondary N) is 4. The number of carbonyl (C=O) groups excluding carboxylic acids is 2. The number of nitrogens with zero attached hydrogens (tertiary/aromatic N) is 5. The number of anilines is 4. The van der Waals surface area contributed by atoms with E-state index < -0.39 is 0 Å². The average molecular weight is 714 g/mol. The molecule has 3 aromatic heterocycles. The predicted octanol–water partition coefficient (Wildman–Crippen LogP) is 3.32.